The maximum atomic E-state index is 13.4. The number of benzene rings is 1. The summed E-state index contributed by atoms with van der Waals surface area (Å²) in [6.07, 6.45) is 3.65. The molecule has 1 aromatic carbocycles. The van der Waals surface area contributed by atoms with Crippen LogP contribution in [-0.4, -0.2) is 37.6 Å². The molecule has 0 aliphatic carbocycles. The number of likely N-dealkylation sites (tertiary alicyclic amines) is 1. The first-order valence-electron chi connectivity index (χ1n) is 7.26. The summed E-state index contributed by atoms with van der Waals surface area (Å²) in [7, 11) is 2.22. The van der Waals surface area contributed by atoms with Gasteiger partial charge in [0, 0.05) is 25.2 Å². The lowest BCUT2D eigenvalue weighted by atomic mass is 9.84. The summed E-state index contributed by atoms with van der Waals surface area (Å²) in [5.74, 6) is 0.228. The van der Waals surface area contributed by atoms with Crippen LogP contribution in [0.15, 0.2) is 12.1 Å². The predicted molar refractivity (Wildman–Crippen MR) is 81.8 cm³/mol. The Morgan fingerprint density at radius 2 is 2.10 bits per heavy atom. The molecule has 0 aromatic heterocycles. The van der Waals surface area contributed by atoms with Gasteiger partial charge < -0.3 is 15.5 Å². The maximum absolute atomic E-state index is 13.4. The van der Waals surface area contributed by atoms with Crippen LogP contribution in [0.1, 0.15) is 19.3 Å². The van der Waals surface area contributed by atoms with Crippen LogP contribution >= 0.6 is 11.6 Å². The SMILES string of the molecule is CN1CCCC2CN(c3cc(Cl)c(F)cc3N)CCC21. The number of nitrogens with two attached hydrogens (primary N) is 1. The highest BCUT2D eigenvalue weighted by Gasteiger charge is 2.34. The fourth-order valence-corrected chi connectivity index (χ4v) is 3.85. The minimum absolute atomic E-state index is 0.150. The molecule has 2 aliphatic heterocycles. The van der Waals surface area contributed by atoms with Gasteiger partial charge in [0.25, 0.3) is 0 Å². The monoisotopic (exact) mass is 297 g/mol. The number of halogens is 2. The molecule has 2 aliphatic rings. The second kappa shape index (κ2) is 5.41. The maximum Gasteiger partial charge on any atom is 0.143 e. The van der Waals surface area contributed by atoms with Gasteiger partial charge >= 0.3 is 0 Å². The van der Waals surface area contributed by atoms with Crippen molar-refractivity contribution in [3.05, 3.63) is 23.0 Å². The van der Waals surface area contributed by atoms with Crippen LogP contribution in [0.4, 0.5) is 15.8 Å². The van der Waals surface area contributed by atoms with E-state index in [2.05, 4.69) is 16.8 Å². The molecule has 0 spiro atoms. The highest BCUT2D eigenvalue weighted by Crippen LogP contribution is 2.35. The fourth-order valence-electron chi connectivity index (χ4n) is 3.70. The Morgan fingerprint density at radius 1 is 1.30 bits per heavy atom. The average Bonchev–Trinajstić information content (AvgIpc) is 2.43. The van der Waals surface area contributed by atoms with Crippen molar-refractivity contribution in [2.45, 2.75) is 25.3 Å². The van der Waals surface area contributed by atoms with Gasteiger partial charge in [-0.25, -0.2) is 4.39 Å². The minimum Gasteiger partial charge on any atom is -0.397 e. The number of hydrogen-bond donors (Lipinski definition) is 1. The zero-order chi connectivity index (χ0) is 14.3. The lowest BCUT2D eigenvalue weighted by molar-refractivity contribution is 0.102. The van der Waals surface area contributed by atoms with Crippen LogP contribution in [0.2, 0.25) is 5.02 Å². The van der Waals surface area contributed by atoms with Gasteiger partial charge in [0.2, 0.25) is 0 Å². The largest absolute Gasteiger partial charge is 0.397 e. The second-order valence-corrected chi connectivity index (χ2v) is 6.42. The number of fused-ring (bicyclic) bond motifs is 1. The second-order valence-electron chi connectivity index (χ2n) is 6.01. The van der Waals surface area contributed by atoms with Gasteiger partial charge in [0.05, 0.1) is 16.4 Å². The molecule has 0 saturated carbocycles. The van der Waals surface area contributed by atoms with Crippen LogP contribution < -0.4 is 10.6 Å². The number of nitrogens with zero attached hydrogens (tertiary/aromatic N) is 2. The molecular weight excluding hydrogens is 277 g/mol. The summed E-state index contributed by atoms with van der Waals surface area (Å²) >= 11 is 5.90. The van der Waals surface area contributed by atoms with Crippen LogP contribution in [0.3, 0.4) is 0 Å². The Balaban J connectivity index is 1.81. The van der Waals surface area contributed by atoms with Gasteiger partial charge in [-0.05, 0) is 44.8 Å². The molecule has 2 N–H and O–H groups in total. The van der Waals surface area contributed by atoms with E-state index in [-0.39, 0.29) is 5.02 Å². The molecule has 2 unspecified atom stereocenters. The number of anilines is 2. The van der Waals surface area contributed by atoms with E-state index in [1.807, 2.05) is 0 Å². The van der Waals surface area contributed by atoms with Gasteiger partial charge in [-0.15, -0.1) is 0 Å². The molecule has 2 heterocycles. The van der Waals surface area contributed by atoms with Gasteiger partial charge in [-0.2, -0.15) is 0 Å². The topological polar surface area (TPSA) is 32.5 Å². The van der Waals surface area contributed by atoms with Crippen molar-refractivity contribution in [2.24, 2.45) is 5.92 Å². The molecule has 0 bridgehead atoms. The van der Waals surface area contributed by atoms with E-state index in [9.17, 15) is 4.39 Å². The fraction of sp³-hybridized carbons (Fsp3) is 0.600. The van der Waals surface area contributed by atoms with Gasteiger partial charge in [0.15, 0.2) is 0 Å². The van der Waals surface area contributed by atoms with Crippen molar-refractivity contribution < 1.29 is 4.39 Å². The quantitative estimate of drug-likeness (QED) is 0.809. The van der Waals surface area contributed by atoms with Crippen LogP contribution in [-0.2, 0) is 0 Å². The Hall–Kier alpha value is -1.00. The first kappa shape index (κ1) is 14.0. The van der Waals surface area contributed by atoms with Crippen molar-refractivity contribution >= 4 is 23.0 Å². The summed E-state index contributed by atoms with van der Waals surface area (Å²) < 4.78 is 13.4. The van der Waals surface area contributed by atoms with Crippen LogP contribution in [0, 0.1) is 11.7 Å². The normalized spacial score (nSPS) is 27.4. The van der Waals surface area contributed by atoms with Crippen LogP contribution in [0.25, 0.3) is 0 Å². The van der Waals surface area contributed by atoms with Gasteiger partial charge in [-0.1, -0.05) is 11.6 Å². The molecule has 110 valence electrons. The zero-order valence-corrected chi connectivity index (χ0v) is 12.5. The van der Waals surface area contributed by atoms with Crippen LogP contribution in [0.5, 0.6) is 0 Å². The first-order valence-corrected chi connectivity index (χ1v) is 7.64. The van der Waals surface area contributed by atoms with Crippen molar-refractivity contribution in [2.75, 3.05) is 37.3 Å². The number of hydrogen-bond acceptors (Lipinski definition) is 3. The molecule has 3 rings (SSSR count). The Kier molecular flexibility index (Phi) is 3.78. The molecule has 20 heavy (non-hydrogen) atoms. The van der Waals surface area contributed by atoms with E-state index in [4.69, 9.17) is 17.3 Å². The third-order valence-corrected chi connectivity index (χ3v) is 5.05. The van der Waals surface area contributed by atoms with E-state index in [0.717, 1.165) is 25.2 Å². The van der Waals surface area contributed by atoms with Crippen molar-refractivity contribution in [1.82, 2.24) is 4.90 Å². The molecule has 0 amide bonds. The Labute approximate surface area is 124 Å². The molecule has 5 heteroatoms. The van der Waals surface area contributed by atoms with E-state index < -0.39 is 5.82 Å². The minimum atomic E-state index is -0.444. The predicted octanol–water partition coefficient (Wildman–Crippen LogP) is 2.98. The Morgan fingerprint density at radius 3 is 2.90 bits per heavy atom. The van der Waals surface area contributed by atoms with Crippen molar-refractivity contribution in [3.8, 4) is 0 Å². The van der Waals surface area contributed by atoms with E-state index >= 15 is 0 Å². The summed E-state index contributed by atoms with van der Waals surface area (Å²) in [5, 5.41) is 0.150. The standard InChI is InChI=1S/C15H21ClFN3/c1-19-5-2-3-10-9-20(6-4-14(10)19)15-7-11(16)12(17)8-13(15)18/h7-8,10,14H,2-6,9,18H2,1H3. The third kappa shape index (κ3) is 2.47. The molecule has 3 nitrogen and oxygen atoms in total. The third-order valence-electron chi connectivity index (χ3n) is 4.76. The number of nitrogen functional groups attached to an aromatic ring is 1. The zero-order valence-electron chi connectivity index (χ0n) is 11.8. The summed E-state index contributed by atoms with van der Waals surface area (Å²) in [5.41, 5.74) is 7.32. The molecule has 2 saturated heterocycles. The summed E-state index contributed by atoms with van der Waals surface area (Å²) in [6.45, 7) is 3.14. The molecule has 1 aromatic rings. The summed E-state index contributed by atoms with van der Waals surface area (Å²) in [6, 6.07) is 3.67. The Bertz CT molecular complexity index is 508. The average molecular weight is 298 g/mol. The number of rotatable bonds is 1. The highest BCUT2D eigenvalue weighted by atomic mass is 35.5. The van der Waals surface area contributed by atoms with E-state index in [0.29, 0.717) is 17.6 Å². The highest BCUT2D eigenvalue weighted by molar-refractivity contribution is 6.31. The smallest absolute Gasteiger partial charge is 0.143 e. The lowest BCUT2D eigenvalue weighted by Crippen LogP contribution is -2.52. The molecular formula is C15H21ClFN3. The summed E-state index contributed by atoms with van der Waals surface area (Å²) in [4.78, 5) is 4.74. The van der Waals surface area contributed by atoms with E-state index in [1.165, 1.54) is 25.5 Å². The van der Waals surface area contributed by atoms with Crippen molar-refractivity contribution in [1.29, 1.82) is 0 Å². The lowest BCUT2D eigenvalue weighted by Gasteiger charge is -2.46. The van der Waals surface area contributed by atoms with Gasteiger partial charge in [0.1, 0.15) is 5.82 Å². The molecule has 2 atom stereocenters. The van der Waals surface area contributed by atoms with Crippen molar-refractivity contribution in [3.63, 3.8) is 0 Å². The number of piperidine rings is 2. The molecule has 2 fully saturated rings. The molecule has 0 radical (unpaired) electrons. The first-order chi connectivity index (χ1) is 9.56. The van der Waals surface area contributed by atoms with Gasteiger partial charge in [-0.3, -0.25) is 0 Å². The van der Waals surface area contributed by atoms with E-state index in [1.54, 1.807) is 6.07 Å².